The van der Waals surface area contributed by atoms with E-state index in [9.17, 15) is 9.59 Å². The predicted octanol–water partition coefficient (Wildman–Crippen LogP) is 1.14. The van der Waals surface area contributed by atoms with Gasteiger partial charge < -0.3 is 4.74 Å². The van der Waals surface area contributed by atoms with E-state index in [4.69, 9.17) is 4.74 Å². The molecule has 0 aromatic carbocycles. The summed E-state index contributed by atoms with van der Waals surface area (Å²) in [5, 5.41) is 1.85. The van der Waals surface area contributed by atoms with Crippen molar-refractivity contribution in [2.24, 2.45) is 5.92 Å². The maximum absolute atomic E-state index is 12.0. The van der Waals surface area contributed by atoms with Crippen molar-refractivity contribution >= 4 is 22.3 Å². The quantitative estimate of drug-likeness (QED) is 0.796. The number of nitrogens with zero attached hydrogens (tertiary/aromatic N) is 3. The highest BCUT2D eigenvalue weighted by molar-refractivity contribution is 7.15. The van der Waals surface area contributed by atoms with Gasteiger partial charge in [0.1, 0.15) is 0 Å². The molecular formula is C14H17N3O3S. The molecule has 0 aliphatic carbocycles. The van der Waals surface area contributed by atoms with Crippen LogP contribution in [0.5, 0.6) is 0 Å². The average molecular weight is 307 g/mol. The summed E-state index contributed by atoms with van der Waals surface area (Å²) < 4.78 is 6.36. The zero-order valence-corrected chi connectivity index (χ0v) is 12.6. The van der Waals surface area contributed by atoms with Crippen molar-refractivity contribution in [3.8, 4) is 0 Å². The fraction of sp³-hybridized carbons (Fsp3) is 0.500. The second-order valence-corrected chi connectivity index (χ2v) is 6.11. The minimum Gasteiger partial charge on any atom is -0.469 e. The highest BCUT2D eigenvalue weighted by Crippen LogP contribution is 2.19. The lowest BCUT2D eigenvalue weighted by molar-refractivity contribution is -0.147. The number of ether oxygens (including phenoxy) is 1. The van der Waals surface area contributed by atoms with Gasteiger partial charge in [-0.25, -0.2) is 4.98 Å². The molecule has 0 bridgehead atoms. The molecule has 112 valence electrons. The van der Waals surface area contributed by atoms with E-state index in [0.29, 0.717) is 18.1 Å². The Morgan fingerprint density at radius 3 is 3.24 bits per heavy atom. The van der Waals surface area contributed by atoms with Crippen LogP contribution >= 0.6 is 11.3 Å². The molecule has 0 amide bonds. The Morgan fingerprint density at radius 1 is 1.57 bits per heavy atom. The third-order valence-electron chi connectivity index (χ3n) is 3.78. The van der Waals surface area contributed by atoms with Crippen LogP contribution in [0.4, 0.5) is 0 Å². The van der Waals surface area contributed by atoms with Crippen LogP contribution in [-0.2, 0) is 16.1 Å². The van der Waals surface area contributed by atoms with Crippen molar-refractivity contribution < 1.29 is 9.53 Å². The summed E-state index contributed by atoms with van der Waals surface area (Å²) in [7, 11) is 1.43. The Kier molecular flexibility index (Phi) is 4.03. The molecule has 2 aromatic heterocycles. The Morgan fingerprint density at radius 2 is 2.43 bits per heavy atom. The second-order valence-electron chi connectivity index (χ2n) is 5.24. The number of carbonyl (C=O) groups excluding carboxylic acids is 1. The lowest BCUT2D eigenvalue weighted by Crippen LogP contribution is -2.39. The first-order valence-electron chi connectivity index (χ1n) is 6.93. The van der Waals surface area contributed by atoms with Gasteiger partial charge in [-0.2, -0.15) is 0 Å². The minimum atomic E-state index is -0.151. The molecule has 6 nitrogen and oxygen atoms in total. The molecule has 1 aliphatic heterocycles. The Labute approximate surface area is 126 Å². The van der Waals surface area contributed by atoms with Crippen LogP contribution in [0.25, 0.3) is 4.96 Å². The normalized spacial score (nSPS) is 19.8. The number of methoxy groups -OCH3 is 1. The molecule has 0 N–H and O–H groups in total. The number of rotatable bonds is 3. The van der Waals surface area contributed by atoms with Gasteiger partial charge in [0, 0.05) is 30.7 Å². The third-order valence-corrected chi connectivity index (χ3v) is 4.54. The van der Waals surface area contributed by atoms with Crippen molar-refractivity contribution in [1.82, 2.24) is 14.3 Å². The summed E-state index contributed by atoms with van der Waals surface area (Å²) in [6, 6.07) is 1.57. The van der Waals surface area contributed by atoms with E-state index >= 15 is 0 Å². The van der Waals surface area contributed by atoms with Crippen molar-refractivity contribution in [2.75, 3.05) is 20.2 Å². The van der Waals surface area contributed by atoms with Crippen LogP contribution in [0.15, 0.2) is 22.4 Å². The smallest absolute Gasteiger partial charge is 0.309 e. The summed E-state index contributed by atoms with van der Waals surface area (Å²) in [5.41, 5.74) is 0.700. The highest BCUT2D eigenvalue weighted by Gasteiger charge is 2.26. The van der Waals surface area contributed by atoms with Gasteiger partial charge in [-0.15, -0.1) is 11.3 Å². The lowest BCUT2D eigenvalue weighted by atomic mass is 9.98. The highest BCUT2D eigenvalue weighted by atomic mass is 32.1. The number of aromatic nitrogens is 2. The molecule has 1 aliphatic rings. The molecule has 3 heterocycles. The van der Waals surface area contributed by atoms with Crippen LogP contribution in [0.3, 0.4) is 0 Å². The molecule has 0 radical (unpaired) electrons. The van der Waals surface area contributed by atoms with E-state index in [1.807, 2.05) is 5.38 Å². The number of thiazole rings is 1. The van der Waals surface area contributed by atoms with Crippen molar-refractivity contribution in [1.29, 1.82) is 0 Å². The SMILES string of the molecule is COC(=O)[C@H]1CCCN(Cc2cc(=O)n3ccsc3n2)C1. The van der Waals surface area contributed by atoms with Crippen LogP contribution in [0.2, 0.25) is 0 Å². The van der Waals surface area contributed by atoms with E-state index in [0.717, 1.165) is 25.1 Å². The topological polar surface area (TPSA) is 63.9 Å². The number of piperidine rings is 1. The number of hydrogen-bond donors (Lipinski definition) is 0. The maximum Gasteiger partial charge on any atom is 0.309 e. The van der Waals surface area contributed by atoms with Gasteiger partial charge in [0.05, 0.1) is 18.7 Å². The monoisotopic (exact) mass is 307 g/mol. The summed E-state index contributed by atoms with van der Waals surface area (Å²) in [6.07, 6.45) is 3.55. The van der Waals surface area contributed by atoms with Crippen molar-refractivity contribution in [3.05, 3.63) is 33.7 Å². The Hall–Kier alpha value is -1.73. The fourth-order valence-electron chi connectivity index (χ4n) is 2.76. The van der Waals surface area contributed by atoms with Gasteiger partial charge in [-0.1, -0.05) is 0 Å². The molecule has 1 saturated heterocycles. The molecular weight excluding hydrogens is 290 g/mol. The summed E-state index contributed by atoms with van der Waals surface area (Å²) >= 11 is 1.45. The van der Waals surface area contributed by atoms with Crippen LogP contribution < -0.4 is 5.56 Å². The second kappa shape index (κ2) is 5.95. The van der Waals surface area contributed by atoms with E-state index in [-0.39, 0.29) is 17.4 Å². The first kappa shape index (κ1) is 14.2. The molecule has 0 spiro atoms. The van der Waals surface area contributed by atoms with Gasteiger partial charge in [-0.3, -0.25) is 18.9 Å². The minimum absolute atomic E-state index is 0.0576. The predicted molar refractivity (Wildman–Crippen MR) is 79.4 cm³/mol. The maximum atomic E-state index is 12.0. The standard InChI is InChI=1S/C14H17N3O3S/c1-20-13(19)10-3-2-4-16(8-10)9-11-7-12(18)17-5-6-21-14(17)15-11/h5-7,10H,2-4,8-9H2,1H3/t10-/m0/s1. The molecule has 1 atom stereocenters. The summed E-state index contributed by atoms with van der Waals surface area (Å²) in [5.74, 6) is -0.225. The van der Waals surface area contributed by atoms with Gasteiger partial charge in [-0.05, 0) is 19.4 Å². The molecule has 21 heavy (non-hydrogen) atoms. The number of fused-ring (bicyclic) bond motifs is 1. The largest absolute Gasteiger partial charge is 0.469 e. The Balaban J connectivity index is 1.75. The van der Waals surface area contributed by atoms with Gasteiger partial charge in [0.15, 0.2) is 4.96 Å². The van der Waals surface area contributed by atoms with Crippen molar-refractivity contribution in [3.63, 3.8) is 0 Å². The van der Waals surface area contributed by atoms with E-state index in [1.54, 1.807) is 16.7 Å². The summed E-state index contributed by atoms with van der Waals surface area (Å²) in [4.78, 5) is 31.0. The first-order chi connectivity index (χ1) is 10.2. The number of hydrogen-bond acceptors (Lipinski definition) is 6. The third kappa shape index (κ3) is 2.98. The van der Waals surface area contributed by atoms with Gasteiger partial charge in [0.2, 0.25) is 0 Å². The fourth-order valence-corrected chi connectivity index (χ4v) is 3.49. The van der Waals surface area contributed by atoms with Crippen LogP contribution in [0.1, 0.15) is 18.5 Å². The zero-order valence-electron chi connectivity index (χ0n) is 11.8. The molecule has 1 fully saturated rings. The van der Waals surface area contributed by atoms with Gasteiger partial charge >= 0.3 is 5.97 Å². The van der Waals surface area contributed by atoms with E-state index in [1.165, 1.54) is 18.4 Å². The van der Waals surface area contributed by atoms with Gasteiger partial charge in [0.25, 0.3) is 5.56 Å². The number of likely N-dealkylation sites (tertiary alicyclic amines) is 1. The molecule has 2 aromatic rings. The average Bonchev–Trinajstić information content (AvgIpc) is 2.95. The first-order valence-corrected chi connectivity index (χ1v) is 7.81. The molecule has 0 unspecified atom stereocenters. The number of esters is 1. The van der Waals surface area contributed by atoms with E-state index in [2.05, 4.69) is 9.88 Å². The zero-order chi connectivity index (χ0) is 14.8. The molecule has 3 rings (SSSR count). The van der Waals surface area contributed by atoms with Crippen LogP contribution in [0, 0.1) is 5.92 Å². The molecule has 0 saturated carbocycles. The van der Waals surface area contributed by atoms with Crippen molar-refractivity contribution in [2.45, 2.75) is 19.4 Å². The lowest BCUT2D eigenvalue weighted by Gasteiger charge is -2.30. The summed E-state index contributed by atoms with van der Waals surface area (Å²) in [6.45, 7) is 2.17. The van der Waals surface area contributed by atoms with E-state index < -0.39 is 0 Å². The Bertz CT molecular complexity index is 709. The number of carbonyl (C=O) groups is 1. The molecule has 7 heteroatoms. The van der Waals surface area contributed by atoms with Crippen LogP contribution in [-0.4, -0.2) is 40.5 Å².